The van der Waals surface area contributed by atoms with Crippen molar-refractivity contribution in [3.8, 4) is 11.6 Å². The largest absolute Gasteiger partial charge is 0.439 e. The molecule has 0 saturated carbocycles. The van der Waals surface area contributed by atoms with E-state index in [0.717, 1.165) is 51.4 Å². The third-order valence-corrected chi connectivity index (χ3v) is 4.33. The number of nitrogens with one attached hydrogen (secondary N) is 1. The summed E-state index contributed by atoms with van der Waals surface area (Å²) < 4.78 is 23.8. The number of morpholine rings is 1. The monoisotopic (exact) mass is 515 g/mol. The summed E-state index contributed by atoms with van der Waals surface area (Å²) in [6.07, 6.45) is 2.70. The Hall–Kier alpha value is -1.98. The Labute approximate surface area is 187 Å². The summed E-state index contributed by atoms with van der Waals surface area (Å²) >= 11 is 0. The van der Waals surface area contributed by atoms with Gasteiger partial charge in [0.2, 0.25) is 5.88 Å². The normalized spacial score (nSPS) is 14.9. The van der Waals surface area contributed by atoms with E-state index in [-0.39, 0.29) is 29.8 Å². The van der Waals surface area contributed by atoms with Crippen LogP contribution < -0.4 is 15.8 Å². The molecule has 0 radical (unpaired) electrons. The van der Waals surface area contributed by atoms with E-state index in [1.165, 1.54) is 12.1 Å². The van der Waals surface area contributed by atoms with Crippen molar-refractivity contribution in [3.05, 3.63) is 54.0 Å². The lowest BCUT2D eigenvalue weighted by molar-refractivity contribution is 0.0376. The second-order valence-corrected chi connectivity index (χ2v) is 6.50. The van der Waals surface area contributed by atoms with Gasteiger partial charge in [0.05, 0.1) is 19.8 Å². The minimum absolute atomic E-state index is 0. The van der Waals surface area contributed by atoms with Crippen molar-refractivity contribution in [2.45, 2.75) is 13.0 Å². The number of ether oxygens (including phenoxy) is 2. The summed E-state index contributed by atoms with van der Waals surface area (Å²) in [5.41, 5.74) is 6.84. The lowest BCUT2D eigenvalue weighted by Crippen LogP contribution is -2.39. The van der Waals surface area contributed by atoms with Crippen LogP contribution in [0, 0.1) is 5.82 Å². The Bertz CT molecular complexity index is 752. The van der Waals surface area contributed by atoms with Gasteiger partial charge in [-0.2, -0.15) is 0 Å². The fraction of sp³-hybridized carbons (Fsp3) is 0.400. The standard InChI is InChI=1S/C20H26FN5O2.HI/c21-17-3-5-18(6-4-17)28-19-7-2-16(14-24-19)15-25-20(22)23-8-1-9-26-10-12-27-13-11-26;/h2-7,14H,1,8-13,15H2,(H3,22,23,25);1H. The molecule has 1 aromatic heterocycles. The molecule has 29 heavy (non-hydrogen) atoms. The van der Waals surface area contributed by atoms with Crippen molar-refractivity contribution in [1.29, 1.82) is 0 Å². The van der Waals surface area contributed by atoms with Crippen LogP contribution in [-0.2, 0) is 11.3 Å². The molecule has 0 spiro atoms. The van der Waals surface area contributed by atoms with E-state index in [2.05, 4.69) is 20.2 Å². The Morgan fingerprint density at radius 3 is 2.66 bits per heavy atom. The number of halogens is 2. The zero-order chi connectivity index (χ0) is 19.6. The van der Waals surface area contributed by atoms with Crippen LogP contribution in [0.15, 0.2) is 47.6 Å². The molecule has 1 fully saturated rings. The Kier molecular flexibility index (Phi) is 10.1. The van der Waals surface area contributed by atoms with E-state index in [4.69, 9.17) is 15.2 Å². The van der Waals surface area contributed by atoms with Gasteiger partial charge < -0.3 is 20.5 Å². The fourth-order valence-electron chi connectivity index (χ4n) is 2.76. The first-order valence-corrected chi connectivity index (χ1v) is 9.41. The van der Waals surface area contributed by atoms with E-state index < -0.39 is 0 Å². The predicted molar refractivity (Wildman–Crippen MR) is 121 cm³/mol. The summed E-state index contributed by atoms with van der Waals surface area (Å²) in [4.78, 5) is 11.0. The predicted octanol–water partition coefficient (Wildman–Crippen LogP) is 2.76. The maximum absolute atomic E-state index is 12.9. The number of rotatable bonds is 8. The van der Waals surface area contributed by atoms with Crippen LogP contribution in [0.4, 0.5) is 4.39 Å². The number of guanidine groups is 1. The van der Waals surface area contributed by atoms with Crippen molar-refractivity contribution in [2.75, 3.05) is 39.4 Å². The third-order valence-electron chi connectivity index (χ3n) is 4.33. The van der Waals surface area contributed by atoms with Gasteiger partial charge in [-0.25, -0.2) is 14.4 Å². The van der Waals surface area contributed by atoms with Crippen molar-refractivity contribution < 1.29 is 13.9 Å². The molecule has 0 aliphatic carbocycles. The van der Waals surface area contributed by atoms with Gasteiger partial charge in [0.15, 0.2) is 5.96 Å². The van der Waals surface area contributed by atoms with Crippen LogP contribution in [-0.4, -0.2) is 55.2 Å². The summed E-state index contributed by atoms with van der Waals surface area (Å²) in [5, 5.41) is 3.14. The average molecular weight is 515 g/mol. The quantitative estimate of drug-likeness (QED) is 0.244. The molecule has 0 bridgehead atoms. The molecule has 7 nitrogen and oxygen atoms in total. The highest BCUT2D eigenvalue weighted by atomic mass is 127. The third kappa shape index (κ3) is 8.50. The van der Waals surface area contributed by atoms with Gasteiger partial charge in [0.25, 0.3) is 0 Å². The van der Waals surface area contributed by atoms with Crippen molar-refractivity contribution in [3.63, 3.8) is 0 Å². The van der Waals surface area contributed by atoms with Crippen LogP contribution >= 0.6 is 24.0 Å². The van der Waals surface area contributed by atoms with Gasteiger partial charge >= 0.3 is 0 Å². The molecule has 3 N–H and O–H groups in total. The number of hydrogen-bond donors (Lipinski definition) is 2. The number of aliphatic imine (C=N–C) groups is 1. The van der Waals surface area contributed by atoms with Gasteiger partial charge in [0, 0.05) is 31.9 Å². The van der Waals surface area contributed by atoms with Gasteiger partial charge in [0.1, 0.15) is 11.6 Å². The molecule has 2 heterocycles. The van der Waals surface area contributed by atoms with Gasteiger partial charge in [-0.05, 0) is 42.8 Å². The Morgan fingerprint density at radius 1 is 1.21 bits per heavy atom. The van der Waals surface area contributed by atoms with Crippen LogP contribution in [0.5, 0.6) is 11.6 Å². The first-order chi connectivity index (χ1) is 13.7. The fourth-order valence-corrected chi connectivity index (χ4v) is 2.76. The Balaban J connectivity index is 0.00000300. The maximum atomic E-state index is 12.9. The lowest BCUT2D eigenvalue weighted by Gasteiger charge is -2.26. The summed E-state index contributed by atoms with van der Waals surface area (Å²) in [6, 6.07) is 9.42. The Morgan fingerprint density at radius 2 is 1.97 bits per heavy atom. The first kappa shape index (κ1) is 23.3. The van der Waals surface area contributed by atoms with E-state index in [9.17, 15) is 4.39 Å². The van der Waals surface area contributed by atoms with Crippen LogP contribution in [0.25, 0.3) is 0 Å². The SMILES string of the molecule is I.NC(=NCc1ccc(Oc2ccc(F)cc2)nc1)NCCCN1CCOCC1. The van der Waals surface area contributed by atoms with Crippen LogP contribution in [0.3, 0.4) is 0 Å². The maximum Gasteiger partial charge on any atom is 0.219 e. The number of hydrogen-bond acceptors (Lipinski definition) is 5. The smallest absolute Gasteiger partial charge is 0.219 e. The summed E-state index contributed by atoms with van der Waals surface area (Å²) in [5.74, 6) is 1.09. The topological polar surface area (TPSA) is 85.0 Å². The molecule has 0 unspecified atom stereocenters. The number of aromatic nitrogens is 1. The molecule has 1 saturated heterocycles. The molecule has 1 aliphatic heterocycles. The molecular formula is C20H27FIN5O2. The van der Waals surface area contributed by atoms with Gasteiger partial charge in [-0.3, -0.25) is 4.90 Å². The highest BCUT2D eigenvalue weighted by molar-refractivity contribution is 14.0. The summed E-state index contributed by atoms with van der Waals surface area (Å²) in [6.45, 7) is 5.89. The van der Waals surface area contributed by atoms with Crippen molar-refractivity contribution in [2.24, 2.45) is 10.7 Å². The second kappa shape index (κ2) is 12.6. The van der Waals surface area contributed by atoms with E-state index in [1.807, 2.05) is 6.07 Å². The number of nitrogens with zero attached hydrogens (tertiary/aromatic N) is 3. The molecule has 0 amide bonds. The molecule has 1 aliphatic rings. The van der Waals surface area contributed by atoms with Crippen molar-refractivity contribution in [1.82, 2.24) is 15.2 Å². The zero-order valence-corrected chi connectivity index (χ0v) is 18.6. The number of pyridine rings is 1. The zero-order valence-electron chi connectivity index (χ0n) is 16.2. The van der Waals surface area contributed by atoms with Gasteiger partial charge in [-0.1, -0.05) is 6.07 Å². The minimum atomic E-state index is -0.305. The van der Waals surface area contributed by atoms with Crippen LogP contribution in [0.2, 0.25) is 0 Å². The molecule has 1 aromatic carbocycles. The van der Waals surface area contributed by atoms with E-state index in [1.54, 1.807) is 24.4 Å². The number of nitrogens with two attached hydrogens (primary N) is 1. The summed E-state index contributed by atoms with van der Waals surface area (Å²) in [7, 11) is 0. The van der Waals surface area contributed by atoms with E-state index in [0.29, 0.717) is 24.1 Å². The van der Waals surface area contributed by atoms with E-state index >= 15 is 0 Å². The van der Waals surface area contributed by atoms with Gasteiger partial charge in [-0.15, -0.1) is 24.0 Å². The highest BCUT2D eigenvalue weighted by Crippen LogP contribution is 2.19. The minimum Gasteiger partial charge on any atom is -0.439 e. The second-order valence-electron chi connectivity index (χ2n) is 6.50. The molecule has 9 heteroatoms. The van der Waals surface area contributed by atoms with Crippen molar-refractivity contribution >= 4 is 29.9 Å². The molecule has 3 rings (SSSR count). The highest BCUT2D eigenvalue weighted by Gasteiger charge is 2.09. The number of benzene rings is 1. The molecular weight excluding hydrogens is 488 g/mol. The molecule has 158 valence electrons. The van der Waals surface area contributed by atoms with Crippen LogP contribution in [0.1, 0.15) is 12.0 Å². The average Bonchev–Trinajstić information content (AvgIpc) is 2.73. The molecule has 0 atom stereocenters. The lowest BCUT2D eigenvalue weighted by atomic mass is 10.3. The first-order valence-electron chi connectivity index (χ1n) is 9.41. The molecule has 2 aromatic rings.